The van der Waals surface area contributed by atoms with Gasteiger partial charge in [-0.25, -0.2) is 4.98 Å². The molecule has 3 aromatic rings. The molecule has 2 aromatic heterocycles. The Morgan fingerprint density at radius 2 is 1.97 bits per heavy atom. The Kier molecular flexibility index (Phi) is 5.79. The number of fused-ring (bicyclic) bond motifs is 3. The van der Waals surface area contributed by atoms with Gasteiger partial charge in [0.15, 0.2) is 16.7 Å². The second kappa shape index (κ2) is 8.59. The number of thiazole rings is 1. The maximum absolute atomic E-state index is 13.3. The van der Waals surface area contributed by atoms with Gasteiger partial charge in [0.2, 0.25) is 0 Å². The SMILES string of the molecule is COc1ccc2nc(C)sc2c1C(=O)Nc1nnc(Cl)cc1C(=O)NC12COC(C(F)(F)F)=C(C1)C2. The van der Waals surface area contributed by atoms with E-state index < -0.39 is 29.3 Å². The van der Waals surface area contributed by atoms with Crippen molar-refractivity contribution in [2.45, 2.75) is 31.5 Å². The average Bonchev–Trinajstić information content (AvgIpc) is 3.18. The second-order valence-corrected chi connectivity index (χ2v) is 10.0. The summed E-state index contributed by atoms with van der Waals surface area (Å²) in [6, 6.07) is 4.55. The van der Waals surface area contributed by atoms with Crippen molar-refractivity contribution in [3.63, 3.8) is 0 Å². The number of halogens is 4. The van der Waals surface area contributed by atoms with E-state index >= 15 is 0 Å². The number of aromatic nitrogens is 3. The van der Waals surface area contributed by atoms with Crippen LogP contribution in [-0.4, -0.2) is 52.4 Å². The third kappa shape index (κ3) is 4.22. The first-order chi connectivity index (χ1) is 17.0. The van der Waals surface area contributed by atoms with Crippen LogP contribution in [0.3, 0.4) is 0 Å². The molecule has 3 aliphatic rings. The summed E-state index contributed by atoms with van der Waals surface area (Å²) < 4.78 is 49.9. The standard InChI is InChI=1S/C22H17ClF3N5O4S/c1-9-27-12-3-4-13(34-2)15(16(12)36-9)20(33)28-18-11(5-14(23)30-31-18)19(32)29-21-6-10(7-21)17(35-8-21)22(24,25)26/h3-5H,6-8H2,1-2H3,(H,29,32)(H,28,31,33). The first kappa shape index (κ1) is 24.3. The molecule has 2 amide bonds. The van der Waals surface area contributed by atoms with E-state index in [1.807, 2.05) is 0 Å². The van der Waals surface area contributed by atoms with Gasteiger partial charge in [-0.2, -0.15) is 13.2 Å². The van der Waals surface area contributed by atoms with Crippen molar-refractivity contribution in [2.75, 3.05) is 19.0 Å². The number of carbonyl (C=O) groups excluding carboxylic acids is 2. The summed E-state index contributed by atoms with van der Waals surface area (Å²) in [5.74, 6) is -2.19. The number of nitrogens with one attached hydrogen (secondary N) is 2. The number of nitrogens with zero attached hydrogens (tertiary/aromatic N) is 3. The molecular formula is C22H17ClF3N5O4S. The van der Waals surface area contributed by atoms with E-state index in [0.717, 1.165) is 5.01 Å². The van der Waals surface area contributed by atoms with Gasteiger partial charge in [0.05, 0.1) is 33.4 Å². The third-order valence-corrected chi connectivity index (χ3v) is 7.06. The number of methoxy groups -OCH3 is 1. The molecule has 4 heterocycles. The van der Waals surface area contributed by atoms with Gasteiger partial charge in [0.25, 0.3) is 11.8 Å². The summed E-state index contributed by atoms with van der Waals surface area (Å²) in [5, 5.41) is 13.5. The van der Waals surface area contributed by atoms with E-state index in [-0.39, 0.29) is 47.1 Å². The fraction of sp³-hybridized carbons (Fsp3) is 0.318. The molecule has 1 saturated carbocycles. The molecule has 0 radical (unpaired) electrons. The lowest BCUT2D eigenvalue weighted by Crippen LogP contribution is -2.61. The number of alkyl halides is 3. The first-order valence-electron chi connectivity index (χ1n) is 10.5. The molecule has 0 atom stereocenters. The molecule has 2 N–H and O–H groups in total. The number of hydrogen-bond donors (Lipinski definition) is 2. The van der Waals surface area contributed by atoms with Gasteiger partial charge >= 0.3 is 6.18 Å². The predicted octanol–water partition coefficient (Wildman–Crippen LogP) is 4.42. The van der Waals surface area contributed by atoms with E-state index in [4.69, 9.17) is 21.1 Å². The zero-order chi connectivity index (χ0) is 25.8. The molecule has 188 valence electrons. The van der Waals surface area contributed by atoms with Crippen molar-refractivity contribution in [1.29, 1.82) is 0 Å². The van der Waals surface area contributed by atoms with Crippen LogP contribution in [0.4, 0.5) is 19.0 Å². The second-order valence-electron chi connectivity index (χ2n) is 8.41. The zero-order valence-corrected chi connectivity index (χ0v) is 20.3. The van der Waals surface area contributed by atoms with Crippen molar-refractivity contribution in [3.05, 3.63) is 50.8 Å². The van der Waals surface area contributed by atoms with Crippen molar-refractivity contribution in [2.24, 2.45) is 0 Å². The Bertz CT molecular complexity index is 1450. The minimum absolute atomic E-state index is 0.00540. The van der Waals surface area contributed by atoms with Crippen LogP contribution in [0.5, 0.6) is 5.75 Å². The number of hydrogen-bond acceptors (Lipinski definition) is 8. The molecule has 0 saturated heterocycles. The predicted molar refractivity (Wildman–Crippen MR) is 124 cm³/mol. The summed E-state index contributed by atoms with van der Waals surface area (Å²) in [6.07, 6.45) is -4.57. The number of allylic oxidation sites excluding steroid dienone is 1. The monoisotopic (exact) mass is 539 g/mol. The van der Waals surface area contributed by atoms with Crippen LogP contribution in [0, 0.1) is 6.92 Å². The quantitative estimate of drug-likeness (QED) is 0.493. The largest absolute Gasteiger partial charge is 0.496 e. The van der Waals surface area contributed by atoms with Crippen molar-refractivity contribution in [3.8, 4) is 5.75 Å². The van der Waals surface area contributed by atoms with E-state index in [1.54, 1.807) is 19.1 Å². The Morgan fingerprint density at radius 3 is 2.61 bits per heavy atom. The molecule has 6 rings (SSSR count). The van der Waals surface area contributed by atoms with Crippen LogP contribution in [0.25, 0.3) is 10.2 Å². The number of rotatable bonds is 5. The molecule has 1 aliphatic carbocycles. The Balaban J connectivity index is 1.41. The molecule has 1 fully saturated rings. The molecule has 14 heteroatoms. The van der Waals surface area contributed by atoms with Gasteiger partial charge in [-0.15, -0.1) is 21.5 Å². The van der Waals surface area contributed by atoms with Crippen LogP contribution >= 0.6 is 22.9 Å². The lowest BCUT2D eigenvalue weighted by atomic mass is 9.70. The van der Waals surface area contributed by atoms with Gasteiger partial charge in [-0.3, -0.25) is 9.59 Å². The molecule has 2 aliphatic heterocycles. The summed E-state index contributed by atoms with van der Waals surface area (Å²) in [6.45, 7) is 1.47. The zero-order valence-electron chi connectivity index (χ0n) is 18.7. The number of benzene rings is 1. The van der Waals surface area contributed by atoms with Crippen LogP contribution in [0.1, 0.15) is 38.6 Å². The lowest BCUT2D eigenvalue weighted by molar-refractivity contribution is -0.147. The molecule has 0 spiro atoms. The van der Waals surface area contributed by atoms with E-state index in [1.165, 1.54) is 24.5 Å². The van der Waals surface area contributed by atoms with Crippen molar-refractivity contribution < 1.29 is 32.2 Å². The summed E-state index contributed by atoms with van der Waals surface area (Å²) >= 11 is 7.25. The highest BCUT2D eigenvalue weighted by atomic mass is 35.5. The summed E-state index contributed by atoms with van der Waals surface area (Å²) in [7, 11) is 1.42. The number of anilines is 1. The normalized spacial score (nSPS) is 16.3. The van der Waals surface area contributed by atoms with Crippen LogP contribution in [-0.2, 0) is 4.74 Å². The molecular weight excluding hydrogens is 523 g/mol. The minimum Gasteiger partial charge on any atom is -0.496 e. The van der Waals surface area contributed by atoms with Gasteiger partial charge in [0, 0.05) is 0 Å². The van der Waals surface area contributed by atoms with Crippen LogP contribution < -0.4 is 15.4 Å². The fourth-order valence-electron chi connectivity index (χ4n) is 4.33. The molecule has 2 bridgehead atoms. The number of aryl methyl sites for hydroxylation is 1. The maximum atomic E-state index is 13.3. The van der Waals surface area contributed by atoms with Gasteiger partial charge in [-0.1, -0.05) is 11.6 Å². The Morgan fingerprint density at radius 1 is 1.22 bits per heavy atom. The highest BCUT2D eigenvalue weighted by molar-refractivity contribution is 7.19. The van der Waals surface area contributed by atoms with Crippen molar-refractivity contribution in [1.82, 2.24) is 20.5 Å². The first-order valence-corrected chi connectivity index (χ1v) is 11.7. The average molecular weight is 540 g/mol. The van der Waals surface area contributed by atoms with Crippen LogP contribution in [0.15, 0.2) is 29.5 Å². The molecule has 36 heavy (non-hydrogen) atoms. The summed E-state index contributed by atoms with van der Waals surface area (Å²) in [5.41, 5.74) is -0.201. The molecule has 0 unspecified atom stereocenters. The van der Waals surface area contributed by atoms with Gasteiger partial charge in [0.1, 0.15) is 17.9 Å². The third-order valence-electron chi connectivity index (χ3n) is 5.87. The van der Waals surface area contributed by atoms with Crippen LogP contribution in [0.2, 0.25) is 5.15 Å². The van der Waals surface area contributed by atoms with Gasteiger partial charge < -0.3 is 20.1 Å². The highest BCUT2D eigenvalue weighted by Crippen LogP contribution is 2.48. The maximum Gasteiger partial charge on any atom is 0.448 e. The van der Waals surface area contributed by atoms with E-state index in [9.17, 15) is 22.8 Å². The number of carbonyl (C=O) groups is 2. The van der Waals surface area contributed by atoms with E-state index in [2.05, 4.69) is 25.8 Å². The molecule has 9 nitrogen and oxygen atoms in total. The number of ether oxygens (including phenoxy) is 2. The topological polar surface area (TPSA) is 115 Å². The fourth-order valence-corrected chi connectivity index (χ4v) is 5.43. The van der Waals surface area contributed by atoms with E-state index in [0.29, 0.717) is 16.0 Å². The Labute approximate surface area is 210 Å². The highest BCUT2D eigenvalue weighted by Gasteiger charge is 2.54. The Hall–Kier alpha value is -3.45. The summed E-state index contributed by atoms with van der Waals surface area (Å²) in [4.78, 5) is 30.8. The molecule has 1 aromatic carbocycles. The lowest BCUT2D eigenvalue weighted by Gasteiger charge is -2.49. The minimum atomic E-state index is -4.58. The smallest absolute Gasteiger partial charge is 0.448 e. The number of amides is 2. The van der Waals surface area contributed by atoms with Gasteiger partial charge in [-0.05, 0) is 43.5 Å². The van der Waals surface area contributed by atoms with Crippen molar-refractivity contribution >= 4 is 50.8 Å².